The van der Waals surface area contributed by atoms with E-state index < -0.39 is 0 Å². The van der Waals surface area contributed by atoms with Gasteiger partial charge in [0.1, 0.15) is 0 Å². The Labute approximate surface area is 101 Å². The molecule has 0 amide bonds. The maximum Gasteiger partial charge on any atom is 0.243 e. The van der Waals surface area contributed by atoms with E-state index in [1.165, 1.54) is 19.3 Å². The van der Waals surface area contributed by atoms with E-state index in [0.717, 1.165) is 23.1 Å². The smallest absolute Gasteiger partial charge is 0.243 e. The minimum Gasteiger partial charge on any atom is -0.350 e. The predicted molar refractivity (Wildman–Crippen MR) is 68.1 cm³/mol. The van der Waals surface area contributed by atoms with Gasteiger partial charge in [0.2, 0.25) is 5.95 Å². The molecule has 2 heterocycles. The van der Waals surface area contributed by atoms with Crippen LogP contribution in [0.2, 0.25) is 0 Å². The lowest BCUT2D eigenvalue weighted by molar-refractivity contribution is 0.691. The molecule has 1 saturated carbocycles. The van der Waals surface area contributed by atoms with Crippen molar-refractivity contribution >= 4 is 11.6 Å². The van der Waals surface area contributed by atoms with E-state index in [4.69, 9.17) is 0 Å². The fraction of sp³-hybridized carbons (Fsp3) is 0.538. The summed E-state index contributed by atoms with van der Waals surface area (Å²) >= 11 is 0. The van der Waals surface area contributed by atoms with Gasteiger partial charge in [0.05, 0.1) is 0 Å². The number of anilines is 1. The van der Waals surface area contributed by atoms with E-state index in [2.05, 4.69) is 35.3 Å². The van der Waals surface area contributed by atoms with E-state index in [0.29, 0.717) is 6.04 Å². The average Bonchev–Trinajstić information content (AvgIpc) is 2.88. The molecule has 4 nitrogen and oxygen atoms in total. The zero-order valence-electron chi connectivity index (χ0n) is 10.3. The Morgan fingerprint density at radius 2 is 2.41 bits per heavy atom. The maximum atomic E-state index is 4.53. The van der Waals surface area contributed by atoms with Crippen LogP contribution in [-0.4, -0.2) is 20.6 Å². The third-order valence-corrected chi connectivity index (χ3v) is 3.45. The topological polar surface area (TPSA) is 42.2 Å². The standard InChI is InChI=1S/C13H18N4/c1-3-5-10-8-11(10)14-13-15-12-9(2)6-4-7-17(12)16-13/h4,6-7,10-11H,3,5,8H2,1-2H3,(H,14,16). The normalized spacial score (nSPS) is 22.9. The molecule has 1 fully saturated rings. The van der Waals surface area contributed by atoms with Gasteiger partial charge in [0.25, 0.3) is 0 Å². The summed E-state index contributed by atoms with van der Waals surface area (Å²) in [7, 11) is 0. The van der Waals surface area contributed by atoms with E-state index in [9.17, 15) is 0 Å². The fourth-order valence-corrected chi connectivity index (χ4v) is 2.38. The second-order valence-corrected chi connectivity index (χ2v) is 4.93. The van der Waals surface area contributed by atoms with Gasteiger partial charge < -0.3 is 5.32 Å². The van der Waals surface area contributed by atoms with Crippen LogP contribution >= 0.6 is 0 Å². The van der Waals surface area contributed by atoms with Gasteiger partial charge in [-0.1, -0.05) is 19.4 Å². The summed E-state index contributed by atoms with van der Waals surface area (Å²) < 4.78 is 1.84. The molecule has 2 atom stereocenters. The molecule has 0 radical (unpaired) electrons. The van der Waals surface area contributed by atoms with Gasteiger partial charge in [-0.15, -0.1) is 5.10 Å². The number of hydrogen-bond donors (Lipinski definition) is 1. The number of aromatic nitrogens is 3. The molecular weight excluding hydrogens is 212 g/mol. The van der Waals surface area contributed by atoms with Gasteiger partial charge in [0.15, 0.2) is 5.65 Å². The quantitative estimate of drug-likeness (QED) is 0.878. The van der Waals surface area contributed by atoms with Gasteiger partial charge in [-0.05, 0) is 37.3 Å². The highest BCUT2D eigenvalue weighted by molar-refractivity contribution is 5.50. The predicted octanol–water partition coefficient (Wildman–Crippen LogP) is 2.64. The first kappa shape index (κ1) is 10.6. The van der Waals surface area contributed by atoms with Crippen molar-refractivity contribution in [3.8, 4) is 0 Å². The Morgan fingerprint density at radius 1 is 1.53 bits per heavy atom. The van der Waals surface area contributed by atoms with Gasteiger partial charge in [-0.25, -0.2) is 4.52 Å². The van der Waals surface area contributed by atoms with Crippen molar-refractivity contribution in [2.45, 2.75) is 39.2 Å². The molecule has 2 aromatic heterocycles. The number of pyridine rings is 1. The van der Waals surface area contributed by atoms with E-state index >= 15 is 0 Å². The van der Waals surface area contributed by atoms with Crippen LogP contribution in [-0.2, 0) is 0 Å². The first-order chi connectivity index (χ1) is 8.28. The Balaban J connectivity index is 1.76. The molecule has 1 aliphatic carbocycles. The highest BCUT2D eigenvalue weighted by Crippen LogP contribution is 2.36. The van der Waals surface area contributed by atoms with Crippen molar-refractivity contribution in [3.05, 3.63) is 23.9 Å². The molecule has 0 spiro atoms. The number of nitrogens with one attached hydrogen (secondary N) is 1. The molecule has 4 heteroatoms. The summed E-state index contributed by atoms with van der Waals surface area (Å²) in [5.41, 5.74) is 2.11. The molecule has 1 aliphatic rings. The zero-order chi connectivity index (χ0) is 11.8. The SMILES string of the molecule is CCCC1CC1Nc1nc2c(C)cccn2n1. The van der Waals surface area contributed by atoms with Crippen LogP contribution in [0, 0.1) is 12.8 Å². The average molecular weight is 230 g/mol. The lowest BCUT2D eigenvalue weighted by Crippen LogP contribution is -2.06. The molecule has 2 unspecified atom stereocenters. The first-order valence-electron chi connectivity index (χ1n) is 6.36. The van der Waals surface area contributed by atoms with Crippen molar-refractivity contribution in [2.24, 2.45) is 5.92 Å². The highest BCUT2D eigenvalue weighted by atomic mass is 15.4. The van der Waals surface area contributed by atoms with Crippen molar-refractivity contribution in [2.75, 3.05) is 5.32 Å². The van der Waals surface area contributed by atoms with Crippen LogP contribution in [0.3, 0.4) is 0 Å². The third-order valence-electron chi connectivity index (χ3n) is 3.45. The summed E-state index contributed by atoms with van der Waals surface area (Å²) in [6.07, 6.45) is 5.78. The number of nitrogens with zero attached hydrogens (tertiary/aromatic N) is 3. The Hall–Kier alpha value is -1.58. The molecule has 90 valence electrons. The highest BCUT2D eigenvalue weighted by Gasteiger charge is 2.36. The Kier molecular flexibility index (Phi) is 2.50. The molecular formula is C13H18N4. The van der Waals surface area contributed by atoms with Crippen LogP contribution in [0.15, 0.2) is 18.3 Å². The van der Waals surface area contributed by atoms with Crippen LogP contribution < -0.4 is 5.32 Å². The lowest BCUT2D eigenvalue weighted by atomic mass is 10.2. The van der Waals surface area contributed by atoms with Gasteiger partial charge in [-0.3, -0.25) is 0 Å². The molecule has 0 aromatic carbocycles. The van der Waals surface area contributed by atoms with Crippen LogP contribution in [0.25, 0.3) is 5.65 Å². The van der Waals surface area contributed by atoms with Crippen molar-refractivity contribution in [1.29, 1.82) is 0 Å². The number of hydrogen-bond acceptors (Lipinski definition) is 3. The minimum absolute atomic E-state index is 0.590. The molecule has 0 bridgehead atoms. The van der Waals surface area contributed by atoms with E-state index in [1.54, 1.807) is 0 Å². The zero-order valence-corrected chi connectivity index (χ0v) is 10.3. The van der Waals surface area contributed by atoms with E-state index in [1.807, 2.05) is 16.8 Å². The van der Waals surface area contributed by atoms with Gasteiger partial charge in [-0.2, -0.15) is 4.98 Å². The van der Waals surface area contributed by atoms with Crippen LogP contribution in [0.5, 0.6) is 0 Å². The second kappa shape index (κ2) is 4.02. The minimum atomic E-state index is 0.590. The summed E-state index contributed by atoms with van der Waals surface area (Å²) in [6, 6.07) is 4.65. The van der Waals surface area contributed by atoms with Crippen LogP contribution in [0.1, 0.15) is 31.7 Å². The number of fused-ring (bicyclic) bond motifs is 1. The van der Waals surface area contributed by atoms with Crippen molar-refractivity contribution in [1.82, 2.24) is 14.6 Å². The molecule has 17 heavy (non-hydrogen) atoms. The maximum absolute atomic E-state index is 4.53. The lowest BCUT2D eigenvalue weighted by Gasteiger charge is -1.98. The summed E-state index contributed by atoms with van der Waals surface area (Å²) in [6.45, 7) is 4.30. The molecule has 3 rings (SSSR count). The van der Waals surface area contributed by atoms with Crippen molar-refractivity contribution in [3.63, 3.8) is 0 Å². The summed E-state index contributed by atoms with van der Waals surface area (Å²) in [5, 5.41) is 7.87. The first-order valence-corrected chi connectivity index (χ1v) is 6.36. The van der Waals surface area contributed by atoms with Gasteiger partial charge in [0, 0.05) is 12.2 Å². The molecule has 1 N–H and O–H groups in total. The number of aryl methyl sites for hydroxylation is 1. The van der Waals surface area contributed by atoms with Crippen molar-refractivity contribution < 1.29 is 0 Å². The summed E-state index contributed by atoms with van der Waals surface area (Å²) in [5.74, 6) is 1.59. The Morgan fingerprint density at radius 3 is 3.18 bits per heavy atom. The van der Waals surface area contributed by atoms with E-state index in [-0.39, 0.29) is 0 Å². The monoisotopic (exact) mass is 230 g/mol. The number of rotatable bonds is 4. The van der Waals surface area contributed by atoms with Gasteiger partial charge >= 0.3 is 0 Å². The molecule has 2 aromatic rings. The second-order valence-electron chi connectivity index (χ2n) is 4.93. The summed E-state index contributed by atoms with van der Waals surface area (Å²) in [4.78, 5) is 4.53. The Bertz CT molecular complexity index is 531. The largest absolute Gasteiger partial charge is 0.350 e. The molecule has 0 aliphatic heterocycles. The molecule has 0 saturated heterocycles. The van der Waals surface area contributed by atoms with Crippen LogP contribution in [0.4, 0.5) is 5.95 Å². The third kappa shape index (κ3) is 1.99. The fourth-order valence-electron chi connectivity index (χ4n) is 2.38.